The molecule has 1 aromatic carbocycles. The van der Waals surface area contributed by atoms with Gasteiger partial charge in [0.2, 0.25) is 0 Å². The number of piperazine rings is 1. The number of nitrogens with one attached hydrogen (secondary N) is 1. The number of aromatic nitrogens is 1. The molecule has 2 aromatic rings. The summed E-state index contributed by atoms with van der Waals surface area (Å²) in [6, 6.07) is 9.73. The van der Waals surface area contributed by atoms with Crippen LogP contribution < -0.4 is 15.0 Å². The molecule has 1 aliphatic heterocycles. The topological polar surface area (TPSA) is 57.7 Å². The van der Waals surface area contributed by atoms with Crippen LogP contribution in [0.1, 0.15) is 19.4 Å². The molecule has 28 heavy (non-hydrogen) atoms. The second-order valence-corrected chi connectivity index (χ2v) is 6.88. The normalized spacial score (nSPS) is 15.9. The lowest BCUT2D eigenvalue weighted by atomic mass is 10.2. The van der Waals surface area contributed by atoms with Crippen molar-refractivity contribution >= 4 is 11.7 Å². The molecule has 1 aliphatic rings. The highest BCUT2D eigenvalue weighted by Crippen LogP contribution is 2.15. The molecule has 1 N–H and O–H groups in total. The van der Waals surface area contributed by atoms with E-state index in [4.69, 9.17) is 4.74 Å². The number of hydrogen-bond donors (Lipinski definition) is 1. The van der Waals surface area contributed by atoms with Crippen molar-refractivity contribution in [1.82, 2.24) is 15.2 Å². The highest BCUT2D eigenvalue weighted by molar-refractivity contribution is 5.80. The summed E-state index contributed by atoms with van der Waals surface area (Å²) in [6.07, 6.45) is 1.07. The molecule has 3 rings (SSSR count). The van der Waals surface area contributed by atoms with Gasteiger partial charge in [-0.1, -0.05) is 19.1 Å². The minimum absolute atomic E-state index is 0.260. The molecule has 7 heteroatoms. The zero-order valence-corrected chi connectivity index (χ0v) is 16.4. The number of pyridine rings is 1. The number of rotatable bonds is 7. The van der Waals surface area contributed by atoms with Crippen LogP contribution in [0.15, 0.2) is 42.6 Å². The van der Waals surface area contributed by atoms with Gasteiger partial charge < -0.3 is 19.9 Å². The van der Waals surface area contributed by atoms with Gasteiger partial charge in [-0.2, -0.15) is 0 Å². The Labute approximate surface area is 165 Å². The molecule has 0 bridgehead atoms. The maximum atomic E-state index is 13.2. The van der Waals surface area contributed by atoms with Crippen molar-refractivity contribution in [3.05, 3.63) is 54.0 Å². The second-order valence-electron chi connectivity index (χ2n) is 6.88. The number of amides is 1. The van der Waals surface area contributed by atoms with E-state index in [2.05, 4.69) is 27.0 Å². The van der Waals surface area contributed by atoms with Crippen molar-refractivity contribution in [2.45, 2.75) is 26.5 Å². The Kier molecular flexibility index (Phi) is 6.81. The summed E-state index contributed by atoms with van der Waals surface area (Å²) < 4.78 is 18.7. The van der Waals surface area contributed by atoms with Gasteiger partial charge in [0.05, 0.1) is 0 Å². The van der Waals surface area contributed by atoms with E-state index in [1.165, 1.54) is 12.1 Å². The predicted molar refractivity (Wildman–Crippen MR) is 107 cm³/mol. The Morgan fingerprint density at radius 3 is 2.68 bits per heavy atom. The summed E-state index contributed by atoms with van der Waals surface area (Å²) in [5.41, 5.74) is 0.919. The summed E-state index contributed by atoms with van der Waals surface area (Å²) in [7, 11) is 0. The highest BCUT2D eigenvalue weighted by atomic mass is 19.1. The number of anilines is 1. The number of nitrogens with zero attached hydrogens (tertiary/aromatic N) is 3. The second kappa shape index (κ2) is 9.50. The van der Waals surface area contributed by atoms with Gasteiger partial charge in [0.1, 0.15) is 17.4 Å². The van der Waals surface area contributed by atoms with Gasteiger partial charge >= 0.3 is 0 Å². The minimum Gasteiger partial charge on any atom is -0.481 e. The zero-order valence-electron chi connectivity index (χ0n) is 16.4. The fourth-order valence-electron chi connectivity index (χ4n) is 3.13. The molecule has 0 saturated carbocycles. The maximum Gasteiger partial charge on any atom is 0.261 e. The largest absolute Gasteiger partial charge is 0.481 e. The van der Waals surface area contributed by atoms with Gasteiger partial charge in [-0.05, 0) is 37.2 Å². The van der Waals surface area contributed by atoms with Crippen LogP contribution in [-0.4, -0.2) is 54.6 Å². The molecular weight excluding hydrogens is 359 g/mol. The van der Waals surface area contributed by atoms with Crippen LogP contribution in [-0.2, 0) is 11.3 Å². The van der Waals surface area contributed by atoms with Crippen molar-refractivity contribution in [3.8, 4) is 5.75 Å². The Morgan fingerprint density at radius 2 is 2.04 bits per heavy atom. The molecule has 6 nitrogen and oxygen atoms in total. The first-order chi connectivity index (χ1) is 13.5. The molecule has 0 aliphatic carbocycles. The standard InChI is InChI=1S/C21H27FN4O2/c1-3-25-9-11-26(12-10-25)20-8-7-17(14-23-20)15-24-21(27)16(2)28-19-6-4-5-18(22)13-19/h4-8,13-14,16H,3,9-12,15H2,1-2H3,(H,24,27). The molecular formula is C21H27FN4O2. The Bertz CT molecular complexity index is 776. The van der Waals surface area contributed by atoms with E-state index in [9.17, 15) is 9.18 Å². The third-order valence-electron chi connectivity index (χ3n) is 4.90. The van der Waals surface area contributed by atoms with Crippen LogP contribution in [0.25, 0.3) is 0 Å². The van der Waals surface area contributed by atoms with E-state index >= 15 is 0 Å². The summed E-state index contributed by atoms with van der Waals surface area (Å²) in [6.45, 7) is 9.34. The Balaban J connectivity index is 1.47. The zero-order chi connectivity index (χ0) is 19.9. The molecule has 150 valence electrons. The molecule has 1 unspecified atom stereocenters. The third kappa shape index (κ3) is 5.42. The number of hydrogen-bond acceptors (Lipinski definition) is 5. The molecule has 1 amide bonds. The van der Waals surface area contributed by atoms with Crippen LogP contribution in [0.4, 0.5) is 10.2 Å². The molecule has 2 heterocycles. The van der Waals surface area contributed by atoms with E-state index in [-0.39, 0.29) is 5.91 Å². The summed E-state index contributed by atoms with van der Waals surface area (Å²) >= 11 is 0. The number of ether oxygens (including phenoxy) is 1. The average molecular weight is 386 g/mol. The molecule has 1 fully saturated rings. The first-order valence-corrected chi connectivity index (χ1v) is 9.67. The van der Waals surface area contributed by atoms with E-state index in [1.807, 2.05) is 12.1 Å². The van der Waals surface area contributed by atoms with Gasteiger partial charge in [0.15, 0.2) is 6.10 Å². The molecule has 0 radical (unpaired) electrons. The van der Waals surface area contributed by atoms with Crippen LogP contribution in [0.2, 0.25) is 0 Å². The first-order valence-electron chi connectivity index (χ1n) is 9.67. The lowest BCUT2D eigenvalue weighted by molar-refractivity contribution is -0.127. The minimum atomic E-state index is -0.719. The smallest absolute Gasteiger partial charge is 0.261 e. The Hall–Kier alpha value is -2.67. The summed E-state index contributed by atoms with van der Waals surface area (Å²) in [5.74, 6) is 0.641. The van der Waals surface area contributed by atoms with Crippen molar-refractivity contribution in [1.29, 1.82) is 0 Å². The van der Waals surface area contributed by atoms with Crippen molar-refractivity contribution in [2.75, 3.05) is 37.6 Å². The number of carbonyl (C=O) groups excluding carboxylic acids is 1. The number of halogens is 1. The van der Waals surface area contributed by atoms with Crippen molar-refractivity contribution in [2.24, 2.45) is 0 Å². The van der Waals surface area contributed by atoms with E-state index in [0.717, 1.165) is 44.1 Å². The quantitative estimate of drug-likeness (QED) is 0.792. The SMILES string of the molecule is CCN1CCN(c2ccc(CNC(=O)C(C)Oc3cccc(F)c3)cn2)CC1. The molecule has 1 aromatic heterocycles. The Morgan fingerprint density at radius 1 is 1.25 bits per heavy atom. The van der Waals surface area contributed by atoms with Crippen LogP contribution in [0.5, 0.6) is 5.75 Å². The van der Waals surface area contributed by atoms with Gasteiger partial charge in [-0.3, -0.25) is 4.79 Å². The number of likely N-dealkylation sites (N-methyl/N-ethyl adjacent to an activating group) is 1. The third-order valence-corrected chi connectivity index (χ3v) is 4.90. The summed E-state index contributed by atoms with van der Waals surface area (Å²) in [5, 5.41) is 2.83. The van der Waals surface area contributed by atoms with Gasteiger partial charge in [-0.25, -0.2) is 9.37 Å². The lowest BCUT2D eigenvalue weighted by Crippen LogP contribution is -2.46. The molecule has 1 saturated heterocycles. The first kappa shape index (κ1) is 20.1. The van der Waals surface area contributed by atoms with Crippen LogP contribution in [0.3, 0.4) is 0 Å². The number of carbonyl (C=O) groups is 1. The number of benzene rings is 1. The average Bonchev–Trinajstić information content (AvgIpc) is 2.72. The molecule has 0 spiro atoms. The summed E-state index contributed by atoms with van der Waals surface area (Å²) in [4.78, 5) is 21.5. The van der Waals surface area contributed by atoms with Crippen LogP contribution >= 0.6 is 0 Å². The van der Waals surface area contributed by atoms with Gasteiger partial charge in [0.25, 0.3) is 5.91 Å². The lowest BCUT2D eigenvalue weighted by Gasteiger charge is -2.34. The van der Waals surface area contributed by atoms with Crippen LogP contribution in [0, 0.1) is 5.82 Å². The van der Waals surface area contributed by atoms with E-state index in [0.29, 0.717) is 12.3 Å². The molecule has 1 atom stereocenters. The fourth-order valence-corrected chi connectivity index (χ4v) is 3.13. The highest BCUT2D eigenvalue weighted by Gasteiger charge is 2.17. The van der Waals surface area contributed by atoms with Gasteiger partial charge in [0, 0.05) is 45.0 Å². The maximum absolute atomic E-state index is 13.2. The predicted octanol–water partition coefficient (Wildman–Crippen LogP) is 2.45. The van der Waals surface area contributed by atoms with Gasteiger partial charge in [-0.15, -0.1) is 0 Å². The van der Waals surface area contributed by atoms with Crippen molar-refractivity contribution in [3.63, 3.8) is 0 Å². The van der Waals surface area contributed by atoms with E-state index in [1.54, 1.807) is 25.3 Å². The van der Waals surface area contributed by atoms with Crippen molar-refractivity contribution < 1.29 is 13.9 Å². The monoisotopic (exact) mass is 386 g/mol. The fraction of sp³-hybridized carbons (Fsp3) is 0.429. The van der Waals surface area contributed by atoms with E-state index < -0.39 is 11.9 Å².